The predicted molar refractivity (Wildman–Crippen MR) is 166 cm³/mol. The molecule has 0 N–H and O–H groups in total. The second-order valence-corrected chi connectivity index (χ2v) is 10.4. The molecule has 4 aromatic rings. The van der Waals surface area contributed by atoms with E-state index in [0.29, 0.717) is 11.5 Å². The third kappa shape index (κ3) is 7.41. The number of carbonyl (C=O) groups excluding carboxylic acids is 1. The first-order valence-electron chi connectivity index (χ1n) is 14.9. The van der Waals surface area contributed by atoms with Crippen molar-refractivity contribution >= 4 is 6.16 Å². The van der Waals surface area contributed by atoms with Crippen LogP contribution in [0.15, 0.2) is 91.0 Å². The van der Waals surface area contributed by atoms with Crippen molar-refractivity contribution in [3.63, 3.8) is 0 Å². The Morgan fingerprint density at radius 3 is 1.77 bits per heavy atom. The van der Waals surface area contributed by atoms with Crippen LogP contribution < -0.4 is 9.47 Å². The highest BCUT2D eigenvalue weighted by Gasteiger charge is 2.20. The molecule has 0 heterocycles. The lowest BCUT2D eigenvalue weighted by atomic mass is 9.90. The van der Waals surface area contributed by atoms with E-state index < -0.39 is 6.16 Å². The fraction of sp³-hybridized carbons (Fsp3) is 0.324. The Labute approximate surface area is 240 Å². The highest BCUT2D eigenvalue weighted by Crippen LogP contribution is 2.39. The molecule has 0 spiro atoms. The summed E-state index contributed by atoms with van der Waals surface area (Å²) in [6.07, 6.45) is 8.99. The average Bonchev–Trinajstić information content (AvgIpc) is 2.99. The van der Waals surface area contributed by atoms with Gasteiger partial charge in [0.1, 0.15) is 11.5 Å². The summed E-state index contributed by atoms with van der Waals surface area (Å²) in [4.78, 5) is 13.4. The fourth-order valence-electron chi connectivity index (χ4n) is 5.29. The molecule has 0 saturated heterocycles. The Bertz CT molecular complexity index is 1360. The van der Waals surface area contributed by atoms with Crippen LogP contribution in [0.3, 0.4) is 0 Å². The van der Waals surface area contributed by atoms with Gasteiger partial charge in [-0.05, 0) is 84.0 Å². The number of hydrogen-bond donors (Lipinski definition) is 0. The minimum Gasteiger partial charge on any atom is -0.394 e. The summed E-state index contributed by atoms with van der Waals surface area (Å²) < 4.78 is 12.0. The largest absolute Gasteiger partial charge is 0.519 e. The second-order valence-electron chi connectivity index (χ2n) is 10.4. The summed E-state index contributed by atoms with van der Waals surface area (Å²) in [6, 6.07) is 30.2. The van der Waals surface area contributed by atoms with Crippen LogP contribution in [0, 0.1) is 0 Å². The molecule has 208 valence electrons. The van der Waals surface area contributed by atoms with E-state index in [-0.39, 0.29) is 0 Å². The minimum atomic E-state index is -0.706. The smallest absolute Gasteiger partial charge is 0.394 e. The van der Waals surface area contributed by atoms with Gasteiger partial charge in [-0.1, -0.05) is 119 Å². The van der Waals surface area contributed by atoms with Crippen molar-refractivity contribution < 1.29 is 14.3 Å². The van der Waals surface area contributed by atoms with E-state index in [4.69, 9.17) is 9.47 Å². The van der Waals surface area contributed by atoms with E-state index in [9.17, 15) is 4.79 Å². The van der Waals surface area contributed by atoms with Gasteiger partial charge in [0, 0.05) is 5.56 Å². The van der Waals surface area contributed by atoms with Gasteiger partial charge in [0.25, 0.3) is 0 Å². The van der Waals surface area contributed by atoms with Crippen LogP contribution in [-0.2, 0) is 19.3 Å². The molecular formula is C37H42O3. The van der Waals surface area contributed by atoms with Crippen molar-refractivity contribution in [1.29, 1.82) is 0 Å². The maximum absolute atomic E-state index is 13.4. The molecule has 4 rings (SSSR count). The Kier molecular flexibility index (Phi) is 11.0. The number of unbranched alkanes of at least 4 members (excludes halogenated alkanes) is 3. The fourth-order valence-corrected chi connectivity index (χ4v) is 5.29. The molecule has 3 heteroatoms. The second kappa shape index (κ2) is 15.1. The van der Waals surface area contributed by atoms with Crippen molar-refractivity contribution in [3.8, 4) is 33.8 Å². The molecule has 0 aliphatic carbocycles. The first-order valence-corrected chi connectivity index (χ1v) is 14.9. The Morgan fingerprint density at radius 1 is 0.550 bits per heavy atom. The Balaban J connectivity index is 1.69. The zero-order valence-corrected chi connectivity index (χ0v) is 24.2. The average molecular weight is 535 g/mol. The van der Waals surface area contributed by atoms with E-state index in [2.05, 4.69) is 45.0 Å². The third-order valence-corrected chi connectivity index (χ3v) is 7.41. The van der Waals surface area contributed by atoms with E-state index in [1.165, 1.54) is 16.7 Å². The van der Waals surface area contributed by atoms with Gasteiger partial charge in [0.2, 0.25) is 0 Å². The molecule has 40 heavy (non-hydrogen) atoms. The molecule has 3 nitrogen and oxygen atoms in total. The molecule has 4 aromatic carbocycles. The van der Waals surface area contributed by atoms with E-state index in [0.717, 1.165) is 80.0 Å². The number of rotatable bonds is 13. The van der Waals surface area contributed by atoms with Crippen molar-refractivity contribution in [2.45, 2.75) is 78.6 Å². The molecule has 0 unspecified atom stereocenters. The number of carbonyl (C=O) groups is 1. The van der Waals surface area contributed by atoms with Crippen molar-refractivity contribution in [2.75, 3.05) is 0 Å². The van der Waals surface area contributed by atoms with Crippen LogP contribution in [0.25, 0.3) is 22.3 Å². The molecule has 0 aromatic heterocycles. The van der Waals surface area contributed by atoms with Gasteiger partial charge in [-0.15, -0.1) is 0 Å². The van der Waals surface area contributed by atoms with Gasteiger partial charge >= 0.3 is 6.16 Å². The zero-order valence-electron chi connectivity index (χ0n) is 24.2. The number of aryl methyl sites for hydroxylation is 1. The van der Waals surface area contributed by atoms with Crippen molar-refractivity contribution in [3.05, 3.63) is 108 Å². The zero-order chi connectivity index (χ0) is 28.2. The molecule has 0 radical (unpaired) electrons. The predicted octanol–water partition coefficient (Wildman–Crippen LogP) is 10.6. The molecule has 0 saturated carbocycles. The van der Waals surface area contributed by atoms with Crippen LogP contribution in [0.5, 0.6) is 11.5 Å². The Hall–Kier alpha value is -3.85. The van der Waals surface area contributed by atoms with Gasteiger partial charge < -0.3 is 9.47 Å². The maximum Gasteiger partial charge on any atom is 0.519 e. The first-order chi connectivity index (χ1) is 19.7. The first kappa shape index (κ1) is 29.1. The van der Waals surface area contributed by atoms with Crippen LogP contribution in [-0.4, -0.2) is 6.16 Å². The van der Waals surface area contributed by atoms with Gasteiger partial charge in [-0.3, -0.25) is 0 Å². The van der Waals surface area contributed by atoms with E-state index >= 15 is 0 Å². The summed E-state index contributed by atoms with van der Waals surface area (Å²) >= 11 is 0. The monoisotopic (exact) mass is 534 g/mol. The number of ether oxygens (including phenoxy) is 2. The molecule has 0 aliphatic rings. The van der Waals surface area contributed by atoms with E-state index in [1.54, 1.807) is 0 Å². The maximum atomic E-state index is 13.4. The lowest BCUT2D eigenvalue weighted by Crippen LogP contribution is -2.16. The molecule has 0 aliphatic heterocycles. The topological polar surface area (TPSA) is 35.5 Å². The SMILES string of the molecule is CCCCc1ccc(OC(=O)Oc2cccc(-c3ccccc3)c2-c2ccccc2)c(CCCC)c1CCCC. The summed E-state index contributed by atoms with van der Waals surface area (Å²) in [5.74, 6) is 1.11. The highest BCUT2D eigenvalue weighted by molar-refractivity contribution is 5.89. The summed E-state index contributed by atoms with van der Waals surface area (Å²) in [5, 5.41) is 0. The minimum absolute atomic E-state index is 0.485. The lowest BCUT2D eigenvalue weighted by Gasteiger charge is -2.19. The van der Waals surface area contributed by atoms with Gasteiger partial charge in [0.05, 0.1) is 0 Å². The highest BCUT2D eigenvalue weighted by atomic mass is 16.7. The van der Waals surface area contributed by atoms with Crippen LogP contribution in [0.1, 0.15) is 76.0 Å². The van der Waals surface area contributed by atoms with Crippen LogP contribution >= 0.6 is 0 Å². The molecule has 0 bridgehead atoms. The summed E-state index contributed by atoms with van der Waals surface area (Å²) in [5.41, 5.74) is 7.84. The van der Waals surface area contributed by atoms with Gasteiger partial charge in [0.15, 0.2) is 0 Å². The van der Waals surface area contributed by atoms with Gasteiger partial charge in [-0.25, -0.2) is 4.79 Å². The molecule has 0 fully saturated rings. The normalized spacial score (nSPS) is 10.9. The standard InChI is InChI=1S/C37H42O3/c1-4-7-17-29-26-27-34(33(23-9-6-3)31(29)22-8-5-2)39-37(38)40-35-25-16-24-32(28-18-12-10-13-19-28)36(35)30-20-14-11-15-21-30/h10-16,18-21,24-27H,4-9,17,22-23H2,1-3H3. The van der Waals surface area contributed by atoms with Crippen molar-refractivity contribution in [1.82, 2.24) is 0 Å². The lowest BCUT2D eigenvalue weighted by molar-refractivity contribution is 0.151. The third-order valence-electron chi connectivity index (χ3n) is 7.41. The molecule has 0 amide bonds. The molecular weight excluding hydrogens is 492 g/mol. The van der Waals surface area contributed by atoms with Crippen molar-refractivity contribution in [2.24, 2.45) is 0 Å². The van der Waals surface area contributed by atoms with Gasteiger partial charge in [-0.2, -0.15) is 0 Å². The van der Waals surface area contributed by atoms with Crippen LogP contribution in [0.2, 0.25) is 0 Å². The quantitative estimate of drug-likeness (QED) is 0.126. The van der Waals surface area contributed by atoms with Crippen LogP contribution in [0.4, 0.5) is 4.79 Å². The number of hydrogen-bond acceptors (Lipinski definition) is 3. The summed E-state index contributed by atoms with van der Waals surface area (Å²) in [6.45, 7) is 6.66. The molecule has 0 atom stereocenters. The summed E-state index contributed by atoms with van der Waals surface area (Å²) in [7, 11) is 0. The number of benzene rings is 4. The Morgan fingerprint density at radius 2 is 1.12 bits per heavy atom. The van der Waals surface area contributed by atoms with E-state index in [1.807, 2.05) is 66.7 Å².